The molecule has 19 heavy (non-hydrogen) atoms. The van der Waals surface area contributed by atoms with Gasteiger partial charge in [0.1, 0.15) is 11.6 Å². The van der Waals surface area contributed by atoms with Gasteiger partial charge in [-0.3, -0.25) is 10.1 Å². The van der Waals surface area contributed by atoms with Crippen LogP contribution in [0.15, 0.2) is 23.0 Å². The molecule has 8 heteroatoms. The van der Waals surface area contributed by atoms with Gasteiger partial charge in [-0.2, -0.15) is 0 Å². The van der Waals surface area contributed by atoms with Crippen molar-refractivity contribution in [2.45, 2.75) is 6.54 Å². The highest BCUT2D eigenvalue weighted by Crippen LogP contribution is 2.23. The van der Waals surface area contributed by atoms with Crippen molar-refractivity contribution in [2.75, 3.05) is 24.3 Å². The van der Waals surface area contributed by atoms with Gasteiger partial charge in [0.25, 0.3) is 5.69 Å². The molecule has 0 aliphatic heterocycles. The fourth-order valence-electron chi connectivity index (χ4n) is 1.57. The summed E-state index contributed by atoms with van der Waals surface area (Å²) in [4.78, 5) is 20.8. The Hall–Kier alpha value is -2.22. The Labute approximate surface area is 114 Å². The highest BCUT2D eigenvalue weighted by Gasteiger charge is 2.14. The third-order valence-electron chi connectivity index (χ3n) is 2.54. The molecule has 0 amide bonds. The van der Waals surface area contributed by atoms with Gasteiger partial charge in [-0.25, -0.2) is 9.97 Å². The minimum atomic E-state index is -0.428. The number of aromatic nitrogens is 2. The fourth-order valence-corrected chi connectivity index (χ4v) is 2.12. The summed E-state index contributed by atoms with van der Waals surface area (Å²) in [6.07, 6.45) is 0. The molecule has 0 fully saturated rings. The molecule has 0 aliphatic carbocycles. The Morgan fingerprint density at radius 1 is 1.53 bits per heavy atom. The smallest absolute Gasteiger partial charge is 0.276 e. The average molecular weight is 279 g/mol. The Balaban J connectivity index is 2.27. The summed E-state index contributed by atoms with van der Waals surface area (Å²) in [5.41, 5.74) is 2.68. The van der Waals surface area contributed by atoms with Crippen molar-refractivity contribution in [3.8, 4) is 0 Å². The SMILES string of the molecule is CNc1cc([N+](=O)[O-])cc(N(C)Cc2cscn2)n1. The van der Waals surface area contributed by atoms with E-state index in [1.165, 1.54) is 23.5 Å². The lowest BCUT2D eigenvalue weighted by Crippen LogP contribution is -2.18. The van der Waals surface area contributed by atoms with E-state index in [9.17, 15) is 10.1 Å². The van der Waals surface area contributed by atoms with Crippen molar-refractivity contribution >= 4 is 28.7 Å². The quantitative estimate of drug-likeness (QED) is 0.666. The summed E-state index contributed by atoms with van der Waals surface area (Å²) in [6.45, 7) is 0.556. The minimum Gasteiger partial charge on any atom is -0.373 e. The topological polar surface area (TPSA) is 84.2 Å². The molecule has 2 aromatic rings. The molecule has 1 N–H and O–H groups in total. The van der Waals surface area contributed by atoms with E-state index in [1.54, 1.807) is 12.6 Å². The van der Waals surface area contributed by atoms with Crippen LogP contribution in [0.5, 0.6) is 0 Å². The van der Waals surface area contributed by atoms with Crippen molar-refractivity contribution in [3.05, 3.63) is 38.8 Å². The largest absolute Gasteiger partial charge is 0.373 e. The molecule has 100 valence electrons. The zero-order chi connectivity index (χ0) is 13.8. The summed E-state index contributed by atoms with van der Waals surface area (Å²) in [7, 11) is 3.50. The number of hydrogen-bond acceptors (Lipinski definition) is 7. The molecule has 0 radical (unpaired) electrons. The second-order valence-electron chi connectivity index (χ2n) is 3.91. The van der Waals surface area contributed by atoms with Crippen LogP contribution in [-0.2, 0) is 6.54 Å². The van der Waals surface area contributed by atoms with Crippen LogP contribution in [0.3, 0.4) is 0 Å². The van der Waals surface area contributed by atoms with Gasteiger partial charge in [0.05, 0.1) is 34.8 Å². The first-order valence-corrected chi connectivity index (χ1v) is 6.47. The van der Waals surface area contributed by atoms with Crippen molar-refractivity contribution in [2.24, 2.45) is 0 Å². The molecular weight excluding hydrogens is 266 g/mol. The number of anilines is 2. The summed E-state index contributed by atoms with van der Waals surface area (Å²) >= 11 is 1.51. The number of rotatable bonds is 5. The highest BCUT2D eigenvalue weighted by molar-refractivity contribution is 7.07. The Morgan fingerprint density at radius 2 is 2.32 bits per heavy atom. The van der Waals surface area contributed by atoms with E-state index in [-0.39, 0.29) is 5.69 Å². The summed E-state index contributed by atoms with van der Waals surface area (Å²) in [6, 6.07) is 2.85. The molecule has 0 aromatic carbocycles. The van der Waals surface area contributed by atoms with Gasteiger partial charge < -0.3 is 10.2 Å². The van der Waals surface area contributed by atoms with Gasteiger partial charge >= 0.3 is 0 Å². The van der Waals surface area contributed by atoms with Crippen LogP contribution in [0, 0.1) is 10.1 Å². The molecular formula is C11H13N5O2S. The van der Waals surface area contributed by atoms with E-state index in [0.717, 1.165) is 5.69 Å². The van der Waals surface area contributed by atoms with Crippen LogP contribution >= 0.6 is 11.3 Å². The van der Waals surface area contributed by atoms with Crippen molar-refractivity contribution in [1.82, 2.24) is 9.97 Å². The molecule has 2 aromatic heterocycles. The summed E-state index contributed by atoms with van der Waals surface area (Å²) < 4.78 is 0. The zero-order valence-corrected chi connectivity index (χ0v) is 11.3. The van der Waals surface area contributed by atoms with E-state index >= 15 is 0 Å². The van der Waals surface area contributed by atoms with Gasteiger partial charge in [0, 0.05) is 19.5 Å². The summed E-state index contributed by atoms with van der Waals surface area (Å²) in [5, 5.41) is 15.6. The molecule has 0 aliphatic rings. The third-order valence-corrected chi connectivity index (χ3v) is 3.17. The van der Waals surface area contributed by atoms with E-state index in [2.05, 4.69) is 15.3 Å². The van der Waals surface area contributed by atoms with Gasteiger partial charge in [-0.05, 0) is 0 Å². The standard InChI is InChI=1S/C11H13N5O2S/c1-12-10-3-9(16(17)18)4-11(14-10)15(2)5-8-6-19-7-13-8/h3-4,6-7H,5H2,1-2H3,(H,12,14). The first kappa shape index (κ1) is 13.2. The Morgan fingerprint density at radius 3 is 2.89 bits per heavy atom. The molecule has 0 saturated heterocycles. The molecule has 0 atom stereocenters. The van der Waals surface area contributed by atoms with Crippen LogP contribution < -0.4 is 10.2 Å². The monoisotopic (exact) mass is 279 g/mol. The lowest BCUT2D eigenvalue weighted by molar-refractivity contribution is -0.384. The number of nitrogens with one attached hydrogen (secondary N) is 1. The van der Waals surface area contributed by atoms with E-state index in [0.29, 0.717) is 18.2 Å². The number of nitro groups is 1. The van der Waals surface area contributed by atoms with Gasteiger partial charge in [-0.15, -0.1) is 11.3 Å². The van der Waals surface area contributed by atoms with Gasteiger partial charge in [0.2, 0.25) is 0 Å². The lowest BCUT2D eigenvalue weighted by Gasteiger charge is -2.17. The maximum atomic E-state index is 10.9. The van der Waals surface area contributed by atoms with Crippen LogP contribution in [-0.4, -0.2) is 29.0 Å². The second kappa shape index (κ2) is 5.61. The zero-order valence-electron chi connectivity index (χ0n) is 10.5. The normalized spacial score (nSPS) is 10.2. The van der Waals surface area contributed by atoms with Crippen molar-refractivity contribution in [3.63, 3.8) is 0 Å². The molecule has 0 bridgehead atoms. The van der Waals surface area contributed by atoms with Crippen LogP contribution in [0.4, 0.5) is 17.3 Å². The molecule has 7 nitrogen and oxygen atoms in total. The van der Waals surface area contributed by atoms with Crippen LogP contribution in [0.1, 0.15) is 5.69 Å². The number of pyridine rings is 1. The predicted octanol–water partition coefficient (Wildman–Crippen LogP) is 2.12. The summed E-state index contributed by atoms with van der Waals surface area (Å²) in [5.74, 6) is 1.00. The second-order valence-corrected chi connectivity index (χ2v) is 4.63. The molecule has 2 heterocycles. The number of hydrogen-bond donors (Lipinski definition) is 1. The minimum absolute atomic E-state index is 0.0134. The molecule has 0 unspecified atom stereocenters. The van der Waals surface area contributed by atoms with E-state index in [4.69, 9.17) is 0 Å². The van der Waals surface area contributed by atoms with E-state index < -0.39 is 4.92 Å². The first-order chi connectivity index (χ1) is 9.10. The lowest BCUT2D eigenvalue weighted by atomic mass is 10.3. The third kappa shape index (κ3) is 3.16. The number of thiazole rings is 1. The van der Waals surface area contributed by atoms with Gasteiger partial charge in [-0.1, -0.05) is 0 Å². The molecule has 0 spiro atoms. The first-order valence-electron chi connectivity index (χ1n) is 5.52. The highest BCUT2D eigenvalue weighted by atomic mass is 32.1. The molecule has 0 saturated carbocycles. The van der Waals surface area contributed by atoms with Gasteiger partial charge in [0.15, 0.2) is 0 Å². The van der Waals surface area contributed by atoms with E-state index in [1.807, 2.05) is 17.3 Å². The molecule has 2 rings (SSSR count). The fraction of sp³-hybridized carbons (Fsp3) is 0.273. The Kier molecular flexibility index (Phi) is 3.91. The maximum Gasteiger partial charge on any atom is 0.276 e. The number of nitrogens with zero attached hydrogens (tertiary/aromatic N) is 4. The van der Waals surface area contributed by atoms with Crippen LogP contribution in [0.2, 0.25) is 0 Å². The van der Waals surface area contributed by atoms with Crippen LogP contribution in [0.25, 0.3) is 0 Å². The maximum absolute atomic E-state index is 10.9. The average Bonchev–Trinajstić information content (AvgIpc) is 2.90. The van der Waals surface area contributed by atoms with Crippen molar-refractivity contribution < 1.29 is 4.92 Å². The van der Waals surface area contributed by atoms with Crippen molar-refractivity contribution in [1.29, 1.82) is 0 Å². The predicted molar refractivity (Wildman–Crippen MR) is 74.7 cm³/mol. The Bertz CT molecular complexity index is 572.